The second-order valence-corrected chi connectivity index (χ2v) is 6.66. The molecule has 21 heavy (non-hydrogen) atoms. The molecule has 1 aromatic rings. The van der Waals surface area contributed by atoms with Crippen molar-refractivity contribution in [3.8, 4) is 0 Å². The molecule has 2 rings (SSSR count). The van der Waals surface area contributed by atoms with E-state index in [1.54, 1.807) is 6.07 Å². The predicted molar refractivity (Wildman–Crippen MR) is 87.2 cm³/mol. The molecule has 3 heteroatoms. The Morgan fingerprint density at radius 2 is 2.05 bits per heavy atom. The van der Waals surface area contributed by atoms with Crippen LogP contribution in [0.5, 0.6) is 0 Å². The lowest BCUT2D eigenvalue weighted by atomic mass is 9.76. The molecule has 0 amide bonds. The molecule has 0 aromatic heterocycles. The van der Waals surface area contributed by atoms with Gasteiger partial charge in [-0.15, -0.1) is 0 Å². The van der Waals surface area contributed by atoms with Gasteiger partial charge >= 0.3 is 0 Å². The number of halogens is 1. The maximum Gasteiger partial charge on any atom is 0.123 e. The Hall–Kier alpha value is -0.930. The highest BCUT2D eigenvalue weighted by atomic mass is 19.1. The van der Waals surface area contributed by atoms with Crippen molar-refractivity contribution in [2.75, 3.05) is 20.1 Å². The summed E-state index contributed by atoms with van der Waals surface area (Å²) in [5, 5.41) is 3.62. The molecule has 0 atom stereocenters. The first-order chi connectivity index (χ1) is 10.1. The summed E-state index contributed by atoms with van der Waals surface area (Å²) in [5.41, 5.74) is 1.16. The van der Waals surface area contributed by atoms with Crippen LogP contribution in [0.15, 0.2) is 24.3 Å². The minimum atomic E-state index is -0.113. The Bertz CT molecular complexity index is 427. The first-order valence-corrected chi connectivity index (χ1v) is 8.25. The van der Waals surface area contributed by atoms with Crippen LogP contribution in [0.3, 0.4) is 0 Å². The van der Waals surface area contributed by atoms with Crippen LogP contribution in [0.1, 0.15) is 51.0 Å². The molecule has 2 nitrogen and oxygen atoms in total. The van der Waals surface area contributed by atoms with Gasteiger partial charge in [-0.05, 0) is 83.3 Å². The zero-order chi connectivity index (χ0) is 15.2. The van der Waals surface area contributed by atoms with Gasteiger partial charge in [0.1, 0.15) is 5.82 Å². The van der Waals surface area contributed by atoms with Crippen molar-refractivity contribution >= 4 is 0 Å². The van der Waals surface area contributed by atoms with Crippen molar-refractivity contribution in [1.29, 1.82) is 0 Å². The van der Waals surface area contributed by atoms with Gasteiger partial charge in [0.25, 0.3) is 0 Å². The molecule has 1 saturated carbocycles. The smallest absolute Gasteiger partial charge is 0.123 e. The van der Waals surface area contributed by atoms with Crippen LogP contribution in [0.2, 0.25) is 0 Å². The van der Waals surface area contributed by atoms with Crippen molar-refractivity contribution < 1.29 is 4.39 Å². The highest BCUT2D eigenvalue weighted by Crippen LogP contribution is 2.36. The predicted octanol–water partition coefficient (Wildman–Crippen LogP) is 3.78. The Morgan fingerprint density at radius 3 is 2.71 bits per heavy atom. The molecule has 1 aliphatic rings. The molecular formula is C18H29FN2. The zero-order valence-corrected chi connectivity index (χ0v) is 13.6. The molecule has 118 valence electrons. The van der Waals surface area contributed by atoms with E-state index in [1.807, 2.05) is 12.1 Å². The van der Waals surface area contributed by atoms with E-state index in [-0.39, 0.29) is 5.82 Å². The van der Waals surface area contributed by atoms with E-state index in [9.17, 15) is 4.39 Å². The molecular weight excluding hydrogens is 263 g/mol. The second kappa shape index (κ2) is 7.90. The fourth-order valence-corrected chi connectivity index (χ4v) is 2.87. The Morgan fingerprint density at radius 1 is 1.29 bits per heavy atom. The summed E-state index contributed by atoms with van der Waals surface area (Å²) in [7, 11) is 2.19. The van der Waals surface area contributed by atoms with Gasteiger partial charge in [-0.2, -0.15) is 0 Å². The fraction of sp³-hybridized carbons (Fsp3) is 0.667. The maximum absolute atomic E-state index is 13.2. The molecule has 0 saturated heterocycles. The van der Waals surface area contributed by atoms with Gasteiger partial charge in [0.15, 0.2) is 0 Å². The number of nitrogens with one attached hydrogen (secondary N) is 1. The van der Waals surface area contributed by atoms with E-state index in [1.165, 1.54) is 25.5 Å². The number of nitrogens with zero attached hydrogens (tertiary/aromatic N) is 1. The molecule has 1 aliphatic carbocycles. The third-order valence-electron chi connectivity index (χ3n) is 4.71. The Kier molecular flexibility index (Phi) is 6.19. The van der Waals surface area contributed by atoms with Gasteiger partial charge in [-0.1, -0.05) is 12.1 Å². The van der Waals surface area contributed by atoms with Crippen molar-refractivity contribution in [1.82, 2.24) is 10.2 Å². The van der Waals surface area contributed by atoms with Gasteiger partial charge < -0.3 is 10.2 Å². The quantitative estimate of drug-likeness (QED) is 0.734. The number of hydrogen-bond acceptors (Lipinski definition) is 2. The van der Waals surface area contributed by atoms with E-state index in [0.29, 0.717) is 18.0 Å². The number of hydrogen-bond donors (Lipinski definition) is 1. The summed E-state index contributed by atoms with van der Waals surface area (Å²) in [4.78, 5) is 2.39. The summed E-state index contributed by atoms with van der Waals surface area (Å²) in [6, 6.07) is 8.33. The first kappa shape index (κ1) is 16.4. The molecule has 1 N–H and O–H groups in total. The summed E-state index contributed by atoms with van der Waals surface area (Å²) in [5.74, 6) is 0.434. The number of benzene rings is 1. The van der Waals surface area contributed by atoms with Crippen LogP contribution in [0.4, 0.5) is 4.39 Å². The minimum Gasteiger partial charge on any atom is -0.314 e. The summed E-state index contributed by atoms with van der Waals surface area (Å²) in [6.07, 6.45) is 4.78. The molecule has 0 bridgehead atoms. The van der Waals surface area contributed by atoms with E-state index >= 15 is 0 Å². The van der Waals surface area contributed by atoms with E-state index in [2.05, 4.69) is 31.1 Å². The van der Waals surface area contributed by atoms with Crippen molar-refractivity contribution in [2.24, 2.45) is 0 Å². The van der Waals surface area contributed by atoms with E-state index in [0.717, 1.165) is 24.9 Å². The summed E-state index contributed by atoms with van der Waals surface area (Å²) in [6.45, 7) is 6.75. The normalized spacial score (nSPS) is 21.8. The minimum absolute atomic E-state index is 0.113. The molecule has 0 heterocycles. The average Bonchev–Trinajstić information content (AvgIpc) is 2.39. The standard InChI is InChI=1S/C18H29FN2/c1-14(2)21(3)10-5-4-9-20-18-12-16(13-18)15-7-6-8-17(19)11-15/h6-8,11,14,16,18,20H,4-5,9-10,12-13H2,1-3H3. The van der Waals surface area contributed by atoms with Crippen molar-refractivity contribution in [3.05, 3.63) is 35.6 Å². The highest BCUT2D eigenvalue weighted by molar-refractivity contribution is 5.23. The lowest BCUT2D eigenvalue weighted by Crippen LogP contribution is -2.40. The Balaban J connectivity index is 1.55. The molecule has 0 spiro atoms. The Labute approximate surface area is 128 Å². The van der Waals surface area contributed by atoms with Crippen LogP contribution in [-0.4, -0.2) is 37.1 Å². The lowest BCUT2D eigenvalue weighted by molar-refractivity contribution is 0.260. The van der Waals surface area contributed by atoms with E-state index < -0.39 is 0 Å². The summed E-state index contributed by atoms with van der Waals surface area (Å²) >= 11 is 0. The molecule has 0 unspecified atom stereocenters. The third-order valence-corrected chi connectivity index (χ3v) is 4.71. The van der Waals surface area contributed by atoms with Crippen LogP contribution in [0, 0.1) is 5.82 Å². The molecule has 0 aliphatic heterocycles. The lowest BCUT2D eigenvalue weighted by Gasteiger charge is -2.36. The molecule has 1 aromatic carbocycles. The van der Waals surface area contributed by atoms with E-state index in [4.69, 9.17) is 0 Å². The molecule has 1 fully saturated rings. The number of unbranched alkanes of at least 4 members (excludes halogenated alkanes) is 1. The molecule has 0 radical (unpaired) electrons. The third kappa shape index (κ3) is 5.08. The van der Waals surface area contributed by atoms with Crippen molar-refractivity contribution in [2.45, 2.75) is 57.5 Å². The average molecular weight is 292 g/mol. The topological polar surface area (TPSA) is 15.3 Å². The fourth-order valence-electron chi connectivity index (χ4n) is 2.87. The highest BCUT2D eigenvalue weighted by Gasteiger charge is 2.29. The van der Waals surface area contributed by atoms with Gasteiger partial charge in [-0.3, -0.25) is 0 Å². The van der Waals surface area contributed by atoms with Gasteiger partial charge in [0.2, 0.25) is 0 Å². The van der Waals surface area contributed by atoms with Gasteiger partial charge in [-0.25, -0.2) is 4.39 Å². The van der Waals surface area contributed by atoms with Crippen molar-refractivity contribution in [3.63, 3.8) is 0 Å². The SMILES string of the molecule is CC(C)N(C)CCCCNC1CC(c2cccc(F)c2)C1. The monoisotopic (exact) mass is 292 g/mol. The second-order valence-electron chi connectivity index (χ2n) is 6.66. The zero-order valence-electron chi connectivity index (χ0n) is 13.6. The van der Waals surface area contributed by atoms with Gasteiger partial charge in [0.05, 0.1) is 0 Å². The maximum atomic E-state index is 13.2. The summed E-state index contributed by atoms with van der Waals surface area (Å²) < 4.78 is 13.2. The van der Waals surface area contributed by atoms with Crippen LogP contribution >= 0.6 is 0 Å². The van der Waals surface area contributed by atoms with Gasteiger partial charge in [0, 0.05) is 12.1 Å². The largest absolute Gasteiger partial charge is 0.314 e. The van der Waals surface area contributed by atoms with Crippen LogP contribution < -0.4 is 5.32 Å². The van der Waals surface area contributed by atoms with Crippen LogP contribution in [0.25, 0.3) is 0 Å². The van der Waals surface area contributed by atoms with Crippen LogP contribution in [-0.2, 0) is 0 Å². The first-order valence-electron chi connectivity index (χ1n) is 8.25. The number of rotatable bonds is 8.